The van der Waals surface area contributed by atoms with Crippen LogP contribution < -0.4 is 5.56 Å². The van der Waals surface area contributed by atoms with Gasteiger partial charge in [0.15, 0.2) is 5.69 Å². The first-order valence-electron chi connectivity index (χ1n) is 4.99. The molecule has 1 saturated carbocycles. The van der Waals surface area contributed by atoms with Crippen LogP contribution >= 0.6 is 0 Å². The third-order valence-electron chi connectivity index (χ3n) is 2.21. The molecule has 1 heterocycles. The highest BCUT2D eigenvalue weighted by molar-refractivity contribution is 5.87. The molecule has 1 fully saturated rings. The van der Waals surface area contributed by atoms with Gasteiger partial charge < -0.3 is 9.72 Å². The second kappa shape index (κ2) is 3.84. The molecule has 15 heavy (non-hydrogen) atoms. The molecule has 0 atom stereocenters. The van der Waals surface area contributed by atoms with E-state index in [2.05, 4.69) is 9.97 Å². The number of ether oxygens (including phenoxy) is 1. The molecule has 1 aromatic heterocycles. The van der Waals surface area contributed by atoms with Crippen LogP contribution in [0.25, 0.3) is 0 Å². The lowest BCUT2D eigenvalue weighted by molar-refractivity contribution is 0.0518. The van der Waals surface area contributed by atoms with Crippen LogP contribution in [0.5, 0.6) is 0 Å². The van der Waals surface area contributed by atoms with E-state index in [1.54, 1.807) is 6.92 Å². The number of nitrogens with zero attached hydrogens (tertiary/aromatic N) is 1. The van der Waals surface area contributed by atoms with Crippen molar-refractivity contribution < 1.29 is 9.53 Å². The summed E-state index contributed by atoms with van der Waals surface area (Å²) in [5, 5.41) is 0. The topological polar surface area (TPSA) is 72.1 Å². The molecule has 5 heteroatoms. The zero-order valence-corrected chi connectivity index (χ0v) is 8.45. The van der Waals surface area contributed by atoms with Crippen molar-refractivity contribution in [3.05, 3.63) is 27.9 Å². The molecule has 1 N–H and O–H groups in total. The molecule has 1 aliphatic rings. The lowest BCUT2D eigenvalue weighted by Crippen LogP contribution is -2.17. The van der Waals surface area contributed by atoms with Gasteiger partial charge in [0.1, 0.15) is 5.82 Å². The first-order valence-corrected chi connectivity index (χ1v) is 4.99. The summed E-state index contributed by atoms with van der Waals surface area (Å²) in [5.41, 5.74) is -0.197. The Balaban J connectivity index is 2.30. The maximum atomic E-state index is 11.4. The van der Waals surface area contributed by atoms with E-state index in [1.807, 2.05) is 0 Å². The fraction of sp³-hybridized carbons (Fsp3) is 0.500. The van der Waals surface area contributed by atoms with Crippen LogP contribution in [0.3, 0.4) is 0 Å². The number of H-pyrrole nitrogens is 1. The van der Waals surface area contributed by atoms with Gasteiger partial charge in [0.05, 0.1) is 6.61 Å². The summed E-state index contributed by atoms with van der Waals surface area (Å²) in [6.07, 6.45) is 2.05. The second-order valence-corrected chi connectivity index (χ2v) is 3.51. The van der Waals surface area contributed by atoms with Crippen molar-refractivity contribution in [1.82, 2.24) is 9.97 Å². The minimum Gasteiger partial charge on any atom is -0.461 e. The standard InChI is InChI=1S/C10H12N2O3/c1-2-15-10(14)7-5-8(13)12-9(11-7)6-3-4-6/h5-6H,2-4H2,1H3,(H,11,12,13). The van der Waals surface area contributed by atoms with Crippen LogP contribution in [-0.2, 0) is 4.74 Å². The monoisotopic (exact) mass is 208 g/mol. The molecule has 1 aliphatic carbocycles. The van der Waals surface area contributed by atoms with Gasteiger partial charge in [-0.25, -0.2) is 9.78 Å². The molecule has 1 aromatic rings. The summed E-state index contributed by atoms with van der Waals surface area (Å²) in [6, 6.07) is 1.17. The molecule has 5 nitrogen and oxygen atoms in total. The number of nitrogens with one attached hydrogen (secondary N) is 1. The lowest BCUT2D eigenvalue weighted by Gasteiger charge is -2.02. The van der Waals surface area contributed by atoms with Crippen molar-refractivity contribution in [2.45, 2.75) is 25.7 Å². The van der Waals surface area contributed by atoms with E-state index in [0.717, 1.165) is 12.8 Å². The average Bonchev–Trinajstić information content (AvgIpc) is 3.00. The number of rotatable bonds is 3. The minimum absolute atomic E-state index is 0.0995. The third-order valence-corrected chi connectivity index (χ3v) is 2.21. The molecular weight excluding hydrogens is 196 g/mol. The van der Waals surface area contributed by atoms with Crippen LogP contribution in [0.2, 0.25) is 0 Å². The first-order chi connectivity index (χ1) is 7.20. The number of aromatic amines is 1. The quantitative estimate of drug-likeness (QED) is 0.746. The Bertz CT molecular complexity index is 435. The Morgan fingerprint density at radius 1 is 1.67 bits per heavy atom. The predicted octanol–water partition coefficient (Wildman–Crippen LogP) is 0.824. The fourth-order valence-electron chi connectivity index (χ4n) is 1.34. The van der Waals surface area contributed by atoms with E-state index < -0.39 is 5.97 Å². The SMILES string of the molecule is CCOC(=O)c1cc(=O)[nH]c(C2CC2)n1. The lowest BCUT2D eigenvalue weighted by atomic mass is 10.3. The van der Waals surface area contributed by atoms with Crippen molar-refractivity contribution in [2.75, 3.05) is 6.61 Å². The van der Waals surface area contributed by atoms with E-state index >= 15 is 0 Å². The van der Waals surface area contributed by atoms with Crippen LogP contribution in [0.15, 0.2) is 10.9 Å². The highest BCUT2D eigenvalue weighted by atomic mass is 16.5. The first kappa shape index (κ1) is 9.89. The molecular formula is C10H12N2O3. The van der Waals surface area contributed by atoms with Gasteiger partial charge in [-0.2, -0.15) is 0 Å². The zero-order valence-electron chi connectivity index (χ0n) is 8.45. The van der Waals surface area contributed by atoms with Crippen LogP contribution in [0.4, 0.5) is 0 Å². The largest absolute Gasteiger partial charge is 0.461 e. The molecule has 0 aliphatic heterocycles. The number of hydrogen-bond acceptors (Lipinski definition) is 4. The molecule has 0 aromatic carbocycles. The van der Waals surface area contributed by atoms with Gasteiger partial charge in [0.2, 0.25) is 0 Å². The summed E-state index contributed by atoms with van der Waals surface area (Å²) in [7, 11) is 0. The van der Waals surface area contributed by atoms with Gasteiger partial charge in [-0.3, -0.25) is 4.79 Å². The minimum atomic E-state index is -0.537. The van der Waals surface area contributed by atoms with Gasteiger partial charge in [-0.15, -0.1) is 0 Å². The molecule has 0 saturated heterocycles. The van der Waals surface area contributed by atoms with E-state index in [-0.39, 0.29) is 17.9 Å². The summed E-state index contributed by atoms with van der Waals surface area (Å²) in [6.45, 7) is 2.00. The third kappa shape index (κ3) is 2.23. The van der Waals surface area contributed by atoms with Gasteiger partial charge in [0, 0.05) is 12.0 Å². The zero-order chi connectivity index (χ0) is 10.8. The summed E-state index contributed by atoms with van der Waals surface area (Å²) < 4.78 is 4.78. The van der Waals surface area contributed by atoms with Crippen molar-refractivity contribution in [1.29, 1.82) is 0 Å². The molecule has 0 amide bonds. The van der Waals surface area contributed by atoms with Crippen molar-refractivity contribution >= 4 is 5.97 Å². The smallest absolute Gasteiger partial charge is 0.357 e. The van der Waals surface area contributed by atoms with Gasteiger partial charge in [0.25, 0.3) is 5.56 Å². The van der Waals surface area contributed by atoms with Crippen LogP contribution in [-0.4, -0.2) is 22.5 Å². The molecule has 0 radical (unpaired) electrons. The maximum absolute atomic E-state index is 11.4. The van der Waals surface area contributed by atoms with Crippen LogP contribution in [0.1, 0.15) is 42.0 Å². The Morgan fingerprint density at radius 3 is 3.00 bits per heavy atom. The normalized spacial score (nSPS) is 15.0. The Labute approximate surface area is 86.5 Å². The number of carbonyl (C=O) groups is 1. The van der Waals surface area contributed by atoms with E-state index in [0.29, 0.717) is 11.7 Å². The Kier molecular flexibility index (Phi) is 2.53. The fourth-order valence-corrected chi connectivity index (χ4v) is 1.34. The van der Waals surface area contributed by atoms with Crippen molar-refractivity contribution in [2.24, 2.45) is 0 Å². The molecule has 80 valence electrons. The van der Waals surface area contributed by atoms with Crippen LogP contribution in [0, 0.1) is 0 Å². The van der Waals surface area contributed by atoms with Crippen molar-refractivity contribution in [3.63, 3.8) is 0 Å². The highest BCUT2D eigenvalue weighted by Crippen LogP contribution is 2.37. The average molecular weight is 208 g/mol. The summed E-state index contributed by atoms with van der Waals surface area (Å²) >= 11 is 0. The predicted molar refractivity (Wildman–Crippen MR) is 52.8 cm³/mol. The number of carbonyl (C=O) groups excluding carboxylic acids is 1. The molecule has 0 bridgehead atoms. The van der Waals surface area contributed by atoms with Crippen molar-refractivity contribution in [3.8, 4) is 0 Å². The Hall–Kier alpha value is -1.65. The number of aromatic nitrogens is 2. The number of esters is 1. The maximum Gasteiger partial charge on any atom is 0.357 e. The van der Waals surface area contributed by atoms with E-state index in [1.165, 1.54) is 6.07 Å². The van der Waals surface area contributed by atoms with Gasteiger partial charge >= 0.3 is 5.97 Å². The van der Waals surface area contributed by atoms with Gasteiger partial charge in [-0.05, 0) is 19.8 Å². The second-order valence-electron chi connectivity index (χ2n) is 3.51. The Morgan fingerprint density at radius 2 is 2.40 bits per heavy atom. The molecule has 0 spiro atoms. The van der Waals surface area contributed by atoms with E-state index in [4.69, 9.17) is 4.74 Å². The molecule has 0 unspecified atom stereocenters. The number of hydrogen-bond donors (Lipinski definition) is 1. The summed E-state index contributed by atoms with van der Waals surface area (Å²) in [5.74, 6) is 0.378. The summed E-state index contributed by atoms with van der Waals surface area (Å²) in [4.78, 5) is 29.3. The van der Waals surface area contributed by atoms with Gasteiger partial charge in [-0.1, -0.05) is 0 Å². The van der Waals surface area contributed by atoms with E-state index in [9.17, 15) is 9.59 Å². The molecule has 2 rings (SSSR count). The highest BCUT2D eigenvalue weighted by Gasteiger charge is 2.27.